The Kier molecular flexibility index (Phi) is 6.66. The van der Waals surface area contributed by atoms with E-state index in [-0.39, 0.29) is 29.9 Å². The van der Waals surface area contributed by atoms with Gasteiger partial charge in [0.15, 0.2) is 0 Å². The number of benzene rings is 3. The average molecular weight is 479 g/mol. The molecule has 1 heterocycles. The molecule has 0 aromatic heterocycles. The smallest absolute Gasteiger partial charge is 0.307 e. The van der Waals surface area contributed by atoms with E-state index < -0.39 is 10.0 Å². The first-order chi connectivity index (χ1) is 16.3. The summed E-state index contributed by atoms with van der Waals surface area (Å²) in [4.78, 5) is 14.0. The summed E-state index contributed by atoms with van der Waals surface area (Å²) in [7, 11) is -2.47. The number of carbonyl (C=O) groups is 1. The Hall–Kier alpha value is -3.70. The maximum atomic E-state index is 13.2. The minimum Gasteiger partial charge on any atom is -0.493 e. The van der Waals surface area contributed by atoms with Crippen molar-refractivity contribution < 1.29 is 22.7 Å². The molecule has 1 aliphatic heterocycles. The summed E-state index contributed by atoms with van der Waals surface area (Å²) >= 11 is 0. The Labute approximate surface area is 199 Å². The fourth-order valence-corrected chi connectivity index (χ4v) is 5.30. The summed E-state index contributed by atoms with van der Waals surface area (Å²) in [6.45, 7) is 2.74. The van der Waals surface area contributed by atoms with Crippen LogP contribution >= 0.6 is 0 Å². The second kappa shape index (κ2) is 9.65. The SMILES string of the molecule is C#CCN(c1ccc(NS(=O)(=O)c2ccc3c(c2)CCO3)c2ccccc12)[C@@H](C)CC(=O)OC. The van der Waals surface area contributed by atoms with Gasteiger partial charge in [-0.3, -0.25) is 9.52 Å². The van der Waals surface area contributed by atoms with Crippen LogP contribution in [0, 0.1) is 12.3 Å². The second-order valence-corrected chi connectivity index (χ2v) is 9.80. The van der Waals surface area contributed by atoms with Gasteiger partial charge >= 0.3 is 5.97 Å². The number of methoxy groups -OCH3 is 1. The molecule has 0 saturated heterocycles. The van der Waals surface area contributed by atoms with E-state index in [0.717, 1.165) is 27.8 Å². The molecule has 34 heavy (non-hydrogen) atoms. The van der Waals surface area contributed by atoms with Gasteiger partial charge < -0.3 is 14.4 Å². The summed E-state index contributed by atoms with van der Waals surface area (Å²) < 4.78 is 39.4. The van der Waals surface area contributed by atoms with Crippen LogP contribution in [0.25, 0.3) is 10.8 Å². The number of ether oxygens (including phenoxy) is 2. The highest BCUT2D eigenvalue weighted by molar-refractivity contribution is 7.92. The second-order valence-electron chi connectivity index (χ2n) is 8.11. The zero-order chi connectivity index (χ0) is 24.3. The van der Waals surface area contributed by atoms with Gasteiger partial charge in [0, 0.05) is 28.9 Å². The van der Waals surface area contributed by atoms with E-state index in [4.69, 9.17) is 15.9 Å². The molecule has 4 rings (SSSR count). The van der Waals surface area contributed by atoms with Crippen LogP contribution in [0.2, 0.25) is 0 Å². The molecule has 0 unspecified atom stereocenters. The van der Waals surface area contributed by atoms with Crippen molar-refractivity contribution in [3.63, 3.8) is 0 Å². The number of sulfonamides is 1. The van der Waals surface area contributed by atoms with Crippen LogP contribution in [0.5, 0.6) is 5.75 Å². The lowest BCUT2D eigenvalue weighted by Gasteiger charge is -2.30. The van der Waals surface area contributed by atoms with Crippen molar-refractivity contribution in [1.82, 2.24) is 0 Å². The highest BCUT2D eigenvalue weighted by Crippen LogP contribution is 2.35. The van der Waals surface area contributed by atoms with Crippen molar-refractivity contribution in [2.24, 2.45) is 0 Å². The third-order valence-corrected chi connectivity index (χ3v) is 7.27. The number of rotatable bonds is 8. The minimum absolute atomic E-state index is 0.170. The van der Waals surface area contributed by atoms with E-state index in [1.54, 1.807) is 24.3 Å². The van der Waals surface area contributed by atoms with Gasteiger partial charge in [-0.2, -0.15) is 0 Å². The molecule has 1 aliphatic rings. The third kappa shape index (κ3) is 4.66. The zero-order valence-electron chi connectivity index (χ0n) is 19.1. The molecule has 8 heteroatoms. The van der Waals surface area contributed by atoms with E-state index in [1.807, 2.05) is 42.2 Å². The molecule has 0 bridgehead atoms. The number of hydrogen-bond donors (Lipinski definition) is 1. The molecular weight excluding hydrogens is 452 g/mol. The lowest BCUT2D eigenvalue weighted by molar-refractivity contribution is -0.140. The molecule has 7 nitrogen and oxygen atoms in total. The lowest BCUT2D eigenvalue weighted by atomic mass is 10.0. The van der Waals surface area contributed by atoms with Crippen LogP contribution in [0.1, 0.15) is 18.9 Å². The minimum atomic E-state index is -3.82. The van der Waals surface area contributed by atoms with Crippen molar-refractivity contribution in [3.05, 3.63) is 60.2 Å². The van der Waals surface area contributed by atoms with Gasteiger partial charge in [-0.1, -0.05) is 30.2 Å². The number of terminal acetylenes is 1. The molecule has 0 fully saturated rings. The third-order valence-electron chi connectivity index (χ3n) is 5.91. The van der Waals surface area contributed by atoms with Crippen LogP contribution in [0.15, 0.2) is 59.5 Å². The fourth-order valence-electron chi connectivity index (χ4n) is 4.17. The Morgan fingerprint density at radius 3 is 2.71 bits per heavy atom. The molecular formula is C26H26N2O5S. The van der Waals surface area contributed by atoms with Crippen LogP contribution in [0.4, 0.5) is 11.4 Å². The van der Waals surface area contributed by atoms with Gasteiger partial charge in [-0.05, 0) is 42.8 Å². The number of nitrogens with one attached hydrogen (secondary N) is 1. The number of carbonyl (C=O) groups excluding carboxylic acids is 1. The highest BCUT2D eigenvalue weighted by atomic mass is 32.2. The van der Waals surface area contributed by atoms with Gasteiger partial charge in [0.1, 0.15) is 5.75 Å². The average Bonchev–Trinajstić information content (AvgIpc) is 3.31. The molecule has 0 spiro atoms. The first-order valence-electron chi connectivity index (χ1n) is 10.9. The maximum absolute atomic E-state index is 13.2. The van der Waals surface area contributed by atoms with Crippen LogP contribution in [0.3, 0.4) is 0 Å². The molecule has 0 saturated carbocycles. The first-order valence-corrected chi connectivity index (χ1v) is 12.4. The van der Waals surface area contributed by atoms with Crippen molar-refractivity contribution in [3.8, 4) is 18.1 Å². The predicted octanol–water partition coefficient (Wildman–Crippen LogP) is 3.97. The Balaban J connectivity index is 1.71. The molecule has 176 valence electrons. The zero-order valence-corrected chi connectivity index (χ0v) is 19.9. The summed E-state index contributed by atoms with van der Waals surface area (Å²) in [6, 6.07) is 15.7. The highest BCUT2D eigenvalue weighted by Gasteiger charge is 2.23. The van der Waals surface area contributed by atoms with Crippen LogP contribution < -0.4 is 14.4 Å². The topological polar surface area (TPSA) is 84.9 Å². The molecule has 1 atom stereocenters. The summed E-state index contributed by atoms with van der Waals surface area (Å²) in [6.07, 6.45) is 6.47. The quantitative estimate of drug-likeness (QED) is 0.390. The molecule has 0 radical (unpaired) electrons. The summed E-state index contributed by atoms with van der Waals surface area (Å²) in [5, 5.41) is 1.54. The standard InChI is InChI=1S/C26H26N2O5S/c1-4-14-28(18(2)16-26(29)32-3)24-11-10-23(21-7-5-6-8-22(21)24)27-34(30,31)20-9-12-25-19(17-20)13-15-33-25/h1,5-12,17-18,27H,13-16H2,2-3H3/t18-/m0/s1. The van der Waals surface area contributed by atoms with E-state index in [9.17, 15) is 13.2 Å². The monoisotopic (exact) mass is 478 g/mol. The Morgan fingerprint density at radius 2 is 1.97 bits per heavy atom. The Bertz CT molecular complexity index is 1380. The Morgan fingerprint density at radius 1 is 1.21 bits per heavy atom. The van der Waals surface area contributed by atoms with Crippen molar-refractivity contribution >= 4 is 38.1 Å². The normalized spacial score (nSPS) is 13.4. The summed E-state index contributed by atoms with van der Waals surface area (Å²) in [5.74, 6) is 3.04. The van der Waals surface area contributed by atoms with Gasteiger partial charge in [0.05, 0.1) is 37.3 Å². The largest absolute Gasteiger partial charge is 0.493 e. The van der Waals surface area contributed by atoms with Crippen molar-refractivity contribution in [1.29, 1.82) is 0 Å². The van der Waals surface area contributed by atoms with Crippen molar-refractivity contribution in [2.75, 3.05) is 29.9 Å². The maximum Gasteiger partial charge on any atom is 0.307 e. The van der Waals surface area contributed by atoms with Gasteiger partial charge in [0.25, 0.3) is 10.0 Å². The van der Waals surface area contributed by atoms with Gasteiger partial charge in [-0.25, -0.2) is 8.42 Å². The van der Waals surface area contributed by atoms with E-state index in [1.165, 1.54) is 7.11 Å². The van der Waals surface area contributed by atoms with Gasteiger partial charge in [-0.15, -0.1) is 6.42 Å². The molecule has 1 N–H and O–H groups in total. The molecule has 3 aromatic rings. The number of fused-ring (bicyclic) bond motifs is 2. The lowest BCUT2D eigenvalue weighted by Crippen LogP contribution is -2.35. The molecule has 0 aliphatic carbocycles. The fraction of sp³-hybridized carbons (Fsp3) is 0.269. The van der Waals surface area contributed by atoms with Crippen LogP contribution in [-0.2, 0) is 26.0 Å². The number of nitrogens with zero attached hydrogens (tertiary/aromatic N) is 1. The van der Waals surface area contributed by atoms with Crippen LogP contribution in [-0.4, -0.2) is 40.7 Å². The van der Waals surface area contributed by atoms with E-state index in [2.05, 4.69) is 10.6 Å². The van der Waals surface area contributed by atoms with E-state index in [0.29, 0.717) is 18.7 Å². The molecule has 0 amide bonds. The number of esters is 1. The predicted molar refractivity (Wildman–Crippen MR) is 133 cm³/mol. The van der Waals surface area contributed by atoms with E-state index >= 15 is 0 Å². The summed E-state index contributed by atoms with van der Waals surface area (Å²) in [5.41, 5.74) is 2.15. The number of hydrogen-bond acceptors (Lipinski definition) is 6. The molecule has 3 aromatic carbocycles. The first kappa shape index (κ1) is 23.5. The van der Waals surface area contributed by atoms with Crippen molar-refractivity contribution in [2.45, 2.75) is 30.7 Å². The van der Waals surface area contributed by atoms with Gasteiger partial charge in [0.2, 0.25) is 0 Å². The number of anilines is 2.